The Bertz CT molecular complexity index is 938. The van der Waals surface area contributed by atoms with Crippen LogP contribution in [0.25, 0.3) is 0 Å². The van der Waals surface area contributed by atoms with Crippen molar-refractivity contribution in [2.24, 2.45) is 5.92 Å². The number of rotatable bonds is 4. The Morgan fingerprint density at radius 2 is 1.66 bits per heavy atom. The molecule has 2 aromatic carbocycles. The number of nitrogens with one attached hydrogen (secondary N) is 1. The summed E-state index contributed by atoms with van der Waals surface area (Å²) in [7, 11) is 0. The van der Waals surface area contributed by atoms with Crippen LogP contribution in [0.5, 0.6) is 0 Å². The molecule has 1 atom stereocenters. The minimum atomic E-state index is -1.09. The number of hydrazine groups is 1. The van der Waals surface area contributed by atoms with E-state index in [2.05, 4.69) is 5.43 Å². The SMILES string of the molecule is Cc1ccc(C(=O)NN(C(=O)C(C)C)[C@@H]2CC(=O)N(c3ccccc3)C2=O)cc1. The quantitative estimate of drug-likeness (QED) is 0.639. The summed E-state index contributed by atoms with van der Waals surface area (Å²) < 4.78 is 0. The Morgan fingerprint density at radius 3 is 2.24 bits per heavy atom. The molecule has 4 amide bonds. The van der Waals surface area contributed by atoms with Gasteiger partial charge in [0.15, 0.2) is 0 Å². The number of hydrogen-bond donors (Lipinski definition) is 1. The van der Waals surface area contributed by atoms with Gasteiger partial charge in [0.2, 0.25) is 11.8 Å². The molecule has 0 spiro atoms. The number of aryl methyl sites for hydroxylation is 1. The number of hydrogen-bond acceptors (Lipinski definition) is 4. The smallest absolute Gasteiger partial charge is 0.269 e. The van der Waals surface area contributed by atoms with Crippen molar-refractivity contribution in [2.45, 2.75) is 33.2 Å². The lowest BCUT2D eigenvalue weighted by Gasteiger charge is -2.29. The third-order valence-electron chi connectivity index (χ3n) is 4.72. The van der Waals surface area contributed by atoms with Crippen molar-refractivity contribution >= 4 is 29.3 Å². The number of amides is 4. The highest BCUT2D eigenvalue weighted by Gasteiger charge is 2.45. The van der Waals surface area contributed by atoms with Gasteiger partial charge in [0.05, 0.1) is 12.1 Å². The minimum absolute atomic E-state index is 0.194. The molecule has 1 aliphatic heterocycles. The Hall–Kier alpha value is -3.48. The van der Waals surface area contributed by atoms with Crippen molar-refractivity contribution in [3.05, 3.63) is 65.7 Å². The first-order valence-electron chi connectivity index (χ1n) is 9.42. The van der Waals surface area contributed by atoms with Crippen molar-refractivity contribution in [1.29, 1.82) is 0 Å². The van der Waals surface area contributed by atoms with Crippen molar-refractivity contribution in [3.8, 4) is 0 Å². The first-order chi connectivity index (χ1) is 13.8. The van der Waals surface area contributed by atoms with Gasteiger partial charge in [-0.3, -0.25) is 24.6 Å². The maximum absolute atomic E-state index is 13.0. The third-order valence-corrected chi connectivity index (χ3v) is 4.72. The summed E-state index contributed by atoms with van der Waals surface area (Å²) >= 11 is 0. The number of para-hydroxylation sites is 1. The summed E-state index contributed by atoms with van der Waals surface area (Å²) in [5, 5.41) is 1.01. The standard InChI is InChI=1S/C22H23N3O4/c1-14(2)21(28)25(23-20(27)16-11-9-15(3)10-12-16)18-13-19(26)24(22(18)29)17-7-5-4-6-8-17/h4-12,14,18H,13H2,1-3H3,(H,23,27)/t18-/m1/s1. The summed E-state index contributed by atoms with van der Waals surface area (Å²) in [5.74, 6) is -2.39. The Morgan fingerprint density at radius 1 is 1.03 bits per heavy atom. The lowest BCUT2D eigenvalue weighted by atomic mass is 10.1. The van der Waals surface area contributed by atoms with Crippen LogP contribution >= 0.6 is 0 Å². The van der Waals surface area contributed by atoms with Crippen LogP contribution in [-0.2, 0) is 14.4 Å². The molecule has 1 heterocycles. The molecule has 1 aliphatic rings. The van der Waals surface area contributed by atoms with Gasteiger partial charge in [-0.15, -0.1) is 0 Å². The van der Waals surface area contributed by atoms with E-state index in [0.29, 0.717) is 11.3 Å². The van der Waals surface area contributed by atoms with E-state index >= 15 is 0 Å². The molecular formula is C22H23N3O4. The van der Waals surface area contributed by atoms with Crippen LogP contribution in [0.4, 0.5) is 5.69 Å². The van der Waals surface area contributed by atoms with Gasteiger partial charge >= 0.3 is 0 Å². The van der Waals surface area contributed by atoms with Crippen molar-refractivity contribution < 1.29 is 19.2 Å². The second-order valence-corrected chi connectivity index (χ2v) is 7.29. The molecule has 7 nitrogen and oxygen atoms in total. The van der Waals surface area contributed by atoms with Crippen molar-refractivity contribution in [1.82, 2.24) is 10.4 Å². The number of carbonyl (C=O) groups is 4. The van der Waals surface area contributed by atoms with Crippen LogP contribution < -0.4 is 10.3 Å². The lowest BCUT2D eigenvalue weighted by molar-refractivity contribution is -0.143. The molecule has 1 saturated heterocycles. The second kappa shape index (κ2) is 8.26. The molecule has 0 bridgehead atoms. The maximum atomic E-state index is 13.0. The fraction of sp³-hybridized carbons (Fsp3) is 0.273. The molecule has 3 rings (SSSR count). The number of carbonyl (C=O) groups excluding carboxylic acids is 4. The number of imide groups is 1. The van der Waals surface area contributed by atoms with Crippen LogP contribution in [0.2, 0.25) is 0 Å². The summed E-state index contributed by atoms with van der Waals surface area (Å²) in [6, 6.07) is 14.3. The zero-order valence-corrected chi connectivity index (χ0v) is 16.6. The van der Waals surface area contributed by atoms with Crippen LogP contribution in [0.3, 0.4) is 0 Å². The monoisotopic (exact) mass is 393 g/mol. The zero-order valence-electron chi connectivity index (χ0n) is 16.6. The summed E-state index contributed by atoms with van der Waals surface area (Å²) in [6.07, 6.45) is -0.194. The van der Waals surface area contributed by atoms with Gasteiger partial charge in [-0.25, -0.2) is 9.91 Å². The van der Waals surface area contributed by atoms with Gasteiger partial charge in [-0.2, -0.15) is 0 Å². The van der Waals surface area contributed by atoms with Crippen LogP contribution in [0.1, 0.15) is 36.2 Å². The molecule has 0 radical (unpaired) electrons. The van der Waals surface area contributed by atoms with E-state index in [0.717, 1.165) is 15.5 Å². The number of benzene rings is 2. The first kappa shape index (κ1) is 20.3. The second-order valence-electron chi connectivity index (χ2n) is 7.29. The molecule has 1 N–H and O–H groups in total. The molecular weight excluding hydrogens is 370 g/mol. The van der Waals surface area contributed by atoms with Gasteiger partial charge < -0.3 is 0 Å². The van der Waals surface area contributed by atoms with Gasteiger partial charge in [0, 0.05) is 11.5 Å². The molecule has 7 heteroatoms. The minimum Gasteiger partial charge on any atom is -0.274 e. The van der Waals surface area contributed by atoms with E-state index in [4.69, 9.17) is 0 Å². The molecule has 2 aromatic rings. The van der Waals surface area contributed by atoms with E-state index in [9.17, 15) is 19.2 Å². The van der Waals surface area contributed by atoms with E-state index in [-0.39, 0.29) is 6.42 Å². The van der Waals surface area contributed by atoms with Crippen molar-refractivity contribution in [3.63, 3.8) is 0 Å². The van der Waals surface area contributed by atoms with Crippen LogP contribution in [0.15, 0.2) is 54.6 Å². The Kier molecular flexibility index (Phi) is 5.77. The third kappa shape index (κ3) is 4.18. The van der Waals surface area contributed by atoms with Gasteiger partial charge in [0.25, 0.3) is 11.8 Å². The fourth-order valence-corrected chi connectivity index (χ4v) is 3.11. The highest BCUT2D eigenvalue weighted by Crippen LogP contribution is 2.25. The van der Waals surface area contributed by atoms with E-state index in [1.165, 1.54) is 0 Å². The molecule has 29 heavy (non-hydrogen) atoms. The summed E-state index contributed by atoms with van der Waals surface area (Å²) in [4.78, 5) is 52.1. The average Bonchev–Trinajstić information content (AvgIpc) is 3.00. The van der Waals surface area contributed by atoms with E-state index in [1.54, 1.807) is 68.4 Å². The fourth-order valence-electron chi connectivity index (χ4n) is 3.11. The summed E-state index contributed by atoms with van der Waals surface area (Å²) in [6.45, 7) is 5.24. The van der Waals surface area contributed by atoms with Gasteiger partial charge in [-0.05, 0) is 31.2 Å². The van der Waals surface area contributed by atoms with E-state index in [1.807, 2.05) is 6.92 Å². The maximum Gasteiger partial charge on any atom is 0.269 e. The Balaban J connectivity index is 1.88. The highest BCUT2D eigenvalue weighted by molar-refractivity contribution is 6.23. The largest absolute Gasteiger partial charge is 0.274 e. The van der Waals surface area contributed by atoms with Crippen LogP contribution in [0, 0.1) is 12.8 Å². The zero-order chi connectivity index (χ0) is 21.1. The number of anilines is 1. The van der Waals surface area contributed by atoms with Gasteiger partial charge in [-0.1, -0.05) is 49.7 Å². The average molecular weight is 393 g/mol. The Labute approximate surface area is 169 Å². The topological polar surface area (TPSA) is 86.8 Å². The normalized spacial score (nSPS) is 16.3. The molecule has 0 aliphatic carbocycles. The van der Waals surface area contributed by atoms with Crippen molar-refractivity contribution in [2.75, 3.05) is 4.90 Å². The highest BCUT2D eigenvalue weighted by atomic mass is 16.2. The summed E-state index contributed by atoms with van der Waals surface area (Å²) in [5.41, 5.74) is 4.33. The van der Waals surface area contributed by atoms with E-state index < -0.39 is 35.6 Å². The molecule has 0 saturated carbocycles. The van der Waals surface area contributed by atoms with Crippen LogP contribution in [-0.4, -0.2) is 34.7 Å². The molecule has 0 aromatic heterocycles. The predicted molar refractivity (Wildman–Crippen MR) is 108 cm³/mol. The van der Waals surface area contributed by atoms with Gasteiger partial charge in [0.1, 0.15) is 6.04 Å². The molecule has 0 unspecified atom stereocenters. The number of nitrogens with zero attached hydrogens (tertiary/aromatic N) is 2. The predicted octanol–water partition coefficient (Wildman–Crippen LogP) is 2.46. The molecule has 150 valence electrons. The molecule has 1 fully saturated rings. The first-order valence-corrected chi connectivity index (χ1v) is 9.42. The lowest BCUT2D eigenvalue weighted by Crippen LogP contribution is -2.55.